The highest BCUT2D eigenvalue weighted by molar-refractivity contribution is 7.13. The average molecular weight is 248 g/mol. The predicted octanol–water partition coefficient (Wildman–Crippen LogP) is 1.89. The van der Waals surface area contributed by atoms with Crippen molar-refractivity contribution in [2.24, 2.45) is 0 Å². The molecule has 2 aromatic heterocycles. The van der Waals surface area contributed by atoms with Gasteiger partial charge in [-0.1, -0.05) is 0 Å². The first kappa shape index (κ1) is 11.7. The first-order valence-electron chi connectivity index (χ1n) is 5.29. The SMILES string of the molecule is O=C(CCCc1cnccn1)Nc1nccs1. The minimum absolute atomic E-state index is 0.0103. The molecule has 6 heteroatoms. The number of nitrogens with one attached hydrogen (secondary N) is 1. The number of aromatic nitrogens is 3. The van der Waals surface area contributed by atoms with Crippen LogP contribution in [0.5, 0.6) is 0 Å². The predicted molar refractivity (Wildman–Crippen MR) is 65.7 cm³/mol. The molecule has 2 heterocycles. The molecule has 5 nitrogen and oxygen atoms in total. The van der Waals surface area contributed by atoms with Crippen LogP contribution < -0.4 is 5.32 Å². The number of nitrogens with zero attached hydrogens (tertiary/aromatic N) is 3. The number of hydrogen-bond acceptors (Lipinski definition) is 5. The Morgan fingerprint density at radius 2 is 2.24 bits per heavy atom. The van der Waals surface area contributed by atoms with Crippen molar-refractivity contribution in [3.05, 3.63) is 35.9 Å². The molecule has 0 fully saturated rings. The van der Waals surface area contributed by atoms with Gasteiger partial charge in [0.1, 0.15) is 0 Å². The van der Waals surface area contributed by atoms with E-state index in [0.717, 1.165) is 18.5 Å². The van der Waals surface area contributed by atoms with Gasteiger partial charge in [0, 0.05) is 36.6 Å². The highest BCUT2D eigenvalue weighted by atomic mass is 32.1. The molecule has 0 unspecified atom stereocenters. The minimum Gasteiger partial charge on any atom is -0.302 e. The molecule has 2 rings (SSSR count). The van der Waals surface area contributed by atoms with E-state index in [1.807, 2.05) is 5.38 Å². The Hall–Kier alpha value is -1.82. The summed E-state index contributed by atoms with van der Waals surface area (Å²) in [6.07, 6.45) is 8.67. The Labute approximate surface area is 103 Å². The molecule has 0 aliphatic rings. The van der Waals surface area contributed by atoms with Crippen molar-refractivity contribution in [3.8, 4) is 0 Å². The summed E-state index contributed by atoms with van der Waals surface area (Å²) in [5.74, 6) is -0.0103. The smallest absolute Gasteiger partial charge is 0.226 e. The van der Waals surface area contributed by atoms with Gasteiger partial charge in [-0.05, 0) is 12.8 Å². The number of hydrogen-bond donors (Lipinski definition) is 1. The second-order valence-electron chi connectivity index (χ2n) is 3.44. The van der Waals surface area contributed by atoms with Gasteiger partial charge in [0.05, 0.1) is 5.69 Å². The zero-order valence-corrected chi connectivity index (χ0v) is 9.98. The van der Waals surface area contributed by atoms with Crippen LogP contribution >= 0.6 is 11.3 Å². The third-order valence-corrected chi connectivity index (χ3v) is 2.82. The molecule has 0 aromatic carbocycles. The highest BCUT2D eigenvalue weighted by Crippen LogP contribution is 2.11. The quantitative estimate of drug-likeness (QED) is 0.877. The molecule has 0 bridgehead atoms. The van der Waals surface area contributed by atoms with E-state index in [9.17, 15) is 4.79 Å². The zero-order valence-electron chi connectivity index (χ0n) is 9.17. The molecular formula is C11H12N4OS. The molecule has 0 atom stereocenters. The van der Waals surface area contributed by atoms with Gasteiger partial charge in [-0.2, -0.15) is 0 Å². The molecule has 0 saturated heterocycles. The molecule has 2 aromatic rings. The van der Waals surface area contributed by atoms with E-state index >= 15 is 0 Å². The number of carbonyl (C=O) groups is 1. The summed E-state index contributed by atoms with van der Waals surface area (Å²) in [7, 11) is 0. The van der Waals surface area contributed by atoms with Crippen LogP contribution in [0, 0.1) is 0 Å². The minimum atomic E-state index is -0.0103. The Bertz CT molecular complexity index is 458. The molecule has 17 heavy (non-hydrogen) atoms. The fourth-order valence-electron chi connectivity index (χ4n) is 1.36. The van der Waals surface area contributed by atoms with Crippen LogP contribution in [0.2, 0.25) is 0 Å². The van der Waals surface area contributed by atoms with Crippen molar-refractivity contribution in [1.82, 2.24) is 15.0 Å². The van der Waals surface area contributed by atoms with Gasteiger partial charge in [-0.3, -0.25) is 14.8 Å². The molecule has 0 aliphatic carbocycles. The van der Waals surface area contributed by atoms with Crippen LogP contribution in [-0.2, 0) is 11.2 Å². The summed E-state index contributed by atoms with van der Waals surface area (Å²) in [5, 5.41) is 5.22. The summed E-state index contributed by atoms with van der Waals surface area (Å²) in [4.78, 5) is 23.6. The van der Waals surface area contributed by atoms with Gasteiger partial charge in [-0.15, -0.1) is 11.3 Å². The number of carbonyl (C=O) groups excluding carboxylic acids is 1. The Balaban J connectivity index is 1.70. The lowest BCUT2D eigenvalue weighted by molar-refractivity contribution is -0.116. The number of rotatable bonds is 5. The molecular weight excluding hydrogens is 236 g/mol. The third kappa shape index (κ3) is 3.92. The Morgan fingerprint density at radius 3 is 2.94 bits per heavy atom. The molecule has 0 radical (unpaired) electrons. The Morgan fingerprint density at radius 1 is 1.29 bits per heavy atom. The number of amides is 1. The average Bonchev–Trinajstić information content (AvgIpc) is 2.83. The summed E-state index contributed by atoms with van der Waals surface area (Å²) in [6, 6.07) is 0. The molecule has 1 amide bonds. The van der Waals surface area contributed by atoms with E-state index in [4.69, 9.17) is 0 Å². The lowest BCUT2D eigenvalue weighted by Crippen LogP contribution is -2.11. The lowest BCUT2D eigenvalue weighted by Gasteiger charge is -2.01. The van der Waals surface area contributed by atoms with Crippen LogP contribution in [0.4, 0.5) is 5.13 Å². The van der Waals surface area contributed by atoms with Gasteiger partial charge in [0.25, 0.3) is 0 Å². The summed E-state index contributed by atoms with van der Waals surface area (Å²) in [6.45, 7) is 0. The number of thiazole rings is 1. The van der Waals surface area contributed by atoms with E-state index in [2.05, 4.69) is 20.3 Å². The monoisotopic (exact) mass is 248 g/mol. The molecule has 0 spiro atoms. The second-order valence-corrected chi connectivity index (χ2v) is 4.33. The fourth-order valence-corrected chi connectivity index (χ4v) is 1.90. The van der Waals surface area contributed by atoms with Crippen LogP contribution in [-0.4, -0.2) is 20.9 Å². The van der Waals surface area contributed by atoms with Crippen molar-refractivity contribution in [1.29, 1.82) is 0 Å². The van der Waals surface area contributed by atoms with Crippen LogP contribution in [0.3, 0.4) is 0 Å². The maximum absolute atomic E-state index is 11.5. The first-order valence-corrected chi connectivity index (χ1v) is 6.17. The van der Waals surface area contributed by atoms with E-state index in [1.165, 1.54) is 11.3 Å². The van der Waals surface area contributed by atoms with Gasteiger partial charge >= 0.3 is 0 Å². The van der Waals surface area contributed by atoms with Crippen LogP contribution in [0.15, 0.2) is 30.2 Å². The van der Waals surface area contributed by atoms with Crippen molar-refractivity contribution >= 4 is 22.4 Å². The molecule has 88 valence electrons. The van der Waals surface area contributed by atoms with Gasteiger partial charge in [0.2, 0.25) is 5.91 Å². The van der Waals surface area contributed by atoms with Gasteiger partial charge < -0.3 is 5.32 Å². The van der Waals surface area contributed by atoms with Crippen molar-refractivity contribution < 1.29 is 4.79 Å². The maximum atomic E-state index is 11.5. The standard InChI is InChI=1S/C11H12N4OS/c16-10(15-11-14-6-7-17-11)3-1-2-9-8-12-4-5-13-9/h4-8H,1-3H2,(H,14,15,16). The fraction of sp³-hybridized carbons (Fsp3) is 0.273. The lowest BCUT2D eigenvalue weighted by atomic mass is 10.2. The Kier molecular flexibility index (Phi) is 4.15. The maximum Gasteiger partial charge on any atom is 0.226 e. The van der Waals surface area contributed by atoms with E-state index in [1.54, 1.807) is 24.8 Å². The number of aryl methyl sites for hydroxylation is 1. The summed E-state index contributed by atoms with van der Waals surface area (Å²) >= 11 is 1.42. The third-order valence-electron chi connectivity index (χ3n) is 2.13. The highest BCUT2D eigenvalue weighted by Gasteiger charge is 2.04. The second kappa shape index (κ2) is 6.05. The van der Waals surface area contributed by atoms with Crippen LogP contribution in [0.25, 0.3) is 0 Å². The van der Waals surface area contributed by atoms with Crippen molar-refractivity contribution in [2.75, 3.05) is 5.32 Å². The van der Waals surface area contributed by atoms with Gasteiger partial charge in [-0.25, -0.2) is 4.98 Å². The number of anilines is 1. The van der Waals surface area contributed by atoms with Crippen LogP contribution in [0.1, 0.15) is 18.5 Å². The summed E-state index contributed by atoms with van der Waals surface area (Å²) < 4.78 is 0. The van der Waals surface area contributed by atoms with Crippen molar-refractivity contribution in [2.45, 2.75) is 19.3 Å². The zero-order chi connectivity index (χ0) is 11.9. The largest absolute Gasteiger partial charge is 0.302 e. The van der Waals surface area contributed by atoms with Gasteiger partial charge in [0.15, 0.2) is 5.13 Å². The first-order chi connectivity index (χ1) is 8.34. The van der Waals surface area contributed by atoms with E-state index in [0.29, 0.717) is 11.6 Å². The molecule has 0 saturated carbocycles. The topological polar surface area (TPSA) is 67.8 Å². The summed E-state index contributed by atoms with van der Waals surface area (Å²) in [5.41, 5.74) is 0.912. The molecule has 1 N–H and O–H groups in total. The normalized spacial score (nSPS) is 10.1. The molecule has 0 aliphatic heterocycles. The van der Waals surface area contributed by atoms with E-state index < -0.39 is 0 Å². The van der Waals surface area contributed by atoms with E-state index in [-0.39, 0.29) is 5.91 Å². The van der Waals surface area contributed by atoms with Crippen molar-refractivity contribution in [3.63, 3.8) is 0 Å².